The fourth-order valence-electron chi connectivity index (χ4n) is 3.86. The minimum Gasteiger partial charge on any atom is -0.306 e. The summed E-state index contributed by atoms with van der Waals surface area (Å²) in [7, 11) is 2.26. The van der Waals surface area contributed by atoms with Gasteiger partial charge in [-0.25, -0.2) is 0 Å². The smallest absolute Gasteiger partial charge is 0.000708 e. The average molecular weight is 348 g/mol. The van der Waals surface area contributed by atoms with E-state index in [1.54, 1.807) is 0 Å². The van der Waals surface area contributed by atoms with E-state index in [0.717, 1.165) is 12.3 Å². The predicted octanol–water partition coefficient (Wildman–Crippen LogP) is 7.53. The molecular formula is C24H45N. The van der Waals surface area contributed by atoms with Gasteiger partial charge in [-0.2, -0.15) is 0 Å². The molecule has 1 rings (SSSR count). The van der Waals surface area contributed by atoms with E-state index < -0.39 is 0 Å². The highest BCUT2D eigenvalue weighted by Crippen LogP contribution is 2.21. The van der Waals surface area contributed by atoms with Crippen molar-refractivity contribution >= 4 is 0 Å². The van der Waals surface area contributed by atoms with Gasteiger partial charge in [0.15, 0.2) is 0 Å². The van der Waals surface area contributed by atoms with Crippen molar-refractivity contribution in [2.45, 2.75) is 103 Å². The summed E-state index contributed by atoms with van der Waals surface area (Å²) in [5, 5.41) is 0. The van der Waals surface area contributed by atoms with Crippen LogP contribution in [0.2, 0.25) is 0 Å². The predicted molar refractivity (Wildman–Crippen MR) is 114 cm³/mol. The molecule has 0 aromatic carbocycles. The molecule has 1 saturated heterocycles. The molecule has 0 amide bonds. The molecule has 0 saturated carbocycles. The molecule has 0 bridgehead atoms. The lowest BCUT2D eigenvalue weighted by molar-refractivity contribution is 0.382. The average Bonchev–Trinajstić information content (AvgIpc) is 3.03. The Morgan fingerprint density at radius 1 is 0.760 bits per heavy atom. The second-order valence-electron chi connectivity index (χ2n) is 8.14. The number of hydrogen-bond donors (Lipinski definition) is 0. The second kappa shape index (κ2) is 16.9. The SMILES string of the molecule is CCCCC/C=C/C/C=C\CCCCCCCCCC1CCN(C)C1. The van der Waals surface area contributed by atoms with Crippen molar-refractivity contribution in [1.29, 1.82) is 0 Å². The summed E-state index contributed by atoms with van der Waals surface area (Å²) in [6.45, 7) is 4.94. The number of nitrogens with zero attached hydrogens (tertiary/aromatic N) is 1. The van der Waals surface area contributed by atoms with Gasteiger partial charge in [-0.05, 0) is 64.5 Å². The van der Waals surface area contributed by atoms with Crippen LogP contribution in [0.1, 0.15) is 103 Å². The van der Waals surface area contributed by atoms with Crippen LogP contribution in [0.3, 0.4) is 0 Å². The zero-order valence-corrected chi connectivity index (χ0v) is 17.4. The van der Waals surface area contributed by atoms with Crippen LogP contribution in [0.5, 0.6) is 0 Å². The summed E-state index contributed by atoms with van der Waals surface area (Å²) in [6.07, 6.45) is 30.1. The minimum absolute atomic E-state index is 1.00. The van der Waals surface area contributed by atoms with Gasteiger partial charge in [0.05, 0.1) is 0 Å². The highest BCUT2D eigenvalue weighted by atomic mass is 15.1. The fraction of sp³-hybridized carbons (Fsp3) is 0.833. The van der Waals surface area contributed by atoms with Crippen LogP contribution in [0.25, 0.3) is 0 Å². The third-order valence-corrected chi connectivity index (χ3v) is 5.55. The van der Waals surface area contributed by atoms with Crippen LogP contribution in [0.4, 0.5) is 0 Å². The van der Waals surface area contributed by atoms with Crippen LogP contribution in [0, 0.1) is 5.92 Å². The Hall–Kier alpha value is -0.560. The molecule has 0 aliphatic carbocycles. The van der Waals surface area contributed by atoms with Crippen molar-refractivity contribution in [3.8, 4) is 0 Å². The van der Waals surface area contributed by atoms with E-state index in [2.05, 4.69) is 43.2 Å². The van der Waals surface area contributed by atoms with Crippen molar-refractivity contribution in [3.63, 3.8) is 0 Å². The molecule has 1 atom stereocenters. The number of allylic oxidation sites excluding steroid dienone is 4. The molecular weight excluding hydrogens is 302 g/mol. The molecule has 1 unspecified atom stereocenters. The van der Waals surface area contributed by atoms with E-state index in [4.69, 9.17) is 0 Å². The first-order valence-corrected chi connectivity index (χ1v) is 11.3. The molecule has 0 aromatic rings. The lowest BCUT2D eigenvalue weighted by Gasteiger charge is -2.09. The molecule has 1 aliphatic rings. The first-order chi connectivity index (χ1) is 12.3. The van der Waals surface area contributed by atoms with Gasteiger partial charge in [0.1, 0.15) is 0 Å². The van der Waals surface area contributed by atoms with Crippen LogP contribution >= 0.6 is 0 Å². The van der Waals surface area contributed by atoms with Gasteiger partial charge in [0, 0.05) is 6.54 Å². The molecule has 1 fully saturated rings. The van der Waals surface area contributed by atoms with E-state index in [1.807, 2.05) is 0 Å². The standard InChI is InChI=1S/C24H45N/c1-3-4-5-6-7-8-9-10-11-12-13-14-15-16-17-18-19-20-24-21-22-25(2)23-24/h7-8,10-11,24H,3-6,9,12-23H2,1-2H3/b8-7+,11-10-. The Kier molecular flexibility index (Phi) is 15.2. The Morgan fingerprint density at radius 2 is 1.36 bits per heavy atom. The van der Waals surface area contributed by atoms with Gasteiger partial charge in [0.2, 0.25) is 0 Å². The summed E-state index contributed by atoms with van der Waals surface area (Å²) >= 11 is 0. The largest absolute Gasteiger partial charge is 0.306 e. The fourth-order valence-corrected chi connectivity index (χ4v) is 3.86. The zero-order chi connectivity index (χ0) is 18.0. The molecule has 0 radical (unpaired) electrons. The maximum Gasteiger partial charge on any atom is 0.000708 e. The van der Waals surface area contributed by atoms with E-state index in [0.29, 0.717) is 0 Å². The first-order valence-electron chi connectivity index (χ1n) is 11.3. The van der Waals surface area contributed by atoms with Gasteiger partial charge in [0.25, 0.3) is 0 Å². The maximum atomic E-state index is 2.49. The number of rotatable bonds is 16. The third kappa shape index (κ3) is 14.3. The topological polar surface area (TPSA) is 3.24 Å². The van der Waals surface area contributed by atoms with Crippen molar-refractivity contribution in [2.75, 3.05) is 20.1 Å². The molecule has 146 valence electrons. The first kappa shape index (κ1) is 22.5. The Bertz CT molecular complexity index is 331. The summed E-state index contributed by atoms with van der Waals surface area (Å²) in [5.41, 5.74) is 0. The van der Waals surface area contributed by atoms with Gasteiger partial charge < -0.3 is 4.90 Å². The van der Waals surface area contributed by atoms with Gasteiger partial charge >= 0.3 is 0 Å². The summed E-state index contributed by atoms with van der Waals surface area (Å²) < 4.78 is 0. The normalized spacial score (nSPS) is 18.9. The van der Waals surface area contributed by atoms with Crippen LogP contribution in [-0.2, 0) is 0 Å². The van der Waals surface area contributed by atoms with E-state index >= 15 is 0 Å². The van der Waals surface area contributed by atoms with Crippen molar-refractivity contribution in [2.24, 2.45) is 5.92 Å². The molecule has 0 aromatic heterocycles. The lowest BCUT2D eigenvalue weighted by atomic mass is 9.99. The molecule has 25 heavy (non-hydrogen) atoms. The van der Waals surface area contributed by atoms with Gasteiger partial charge in [-0.3, -0.25) is 0 Å². The highest BCUT2D eigenvalue weighted by molar-refractivity contribution is 4.92. The monoisotopic (exact) mass is 347 g/mol. The van der Waals surface area contributed by atoms with E-state index in [-0.39, 0.29) is 0 Å². The zero-order valence-electron chi connectivity index (χ0n) is 17.4. The number of unbranched alkanes of at least 4 members (excludes halogenated alkanes) is 10. The quantitative estimate of drug-likeness (QED) is 0.206. The molecule has 0 spiro atoms. The molecule has 1 aliphatic heterocycles. The van der Waals surface area contributed by atoms with Gasteiger partial charge in [-0.1, -0.05) is 82.6 Å². The Labute approximate surface area is 159 Å². The summed E-state index contributed by atoms with van der Waals surface area (Å²) in [5.74, 6) is 1.00. The Morgan fingerprint density at radius 3 is 1.96 bits per heavy atom. The van der Waals surface area contributed by atoms with Crippen molar-refractivity contribution in [1.82, 2.24) is 4.90 Å². The lowest BCUT2D eigenvalue weighted by Crippen LogP contribution is -2.13. The van der Waals surface area contributed by atoms with E-state index in [9.17, 15) is 0 Å². The third-order valence-electron chi connectivity index (χ3n) is 5.55. The Balaban J connectivity index is 1.74. The van der Waals surface area contributed by atoms with Crippen LogP contribution < -0.4 is 0 Å². The molecule has 1 nitrogen and oxygen atoms in total. The minimum atomic E-state index is 1.00. The van der Waals surface area contributed by atoms with Gasteiger partial charge in [-0.15, -0.1) is 0 Å². The van der Waals surface area contributed by atoms with E-state index in [1.165, 1.54) is 103 Å². The molecule has 1 heterocycles. The maximum absolute atomic E-state index is 2.49. The van der Waals surface area contributed by atoms with Crippen molar-refractivity contribution in [3.05, 3.63) is 24.3 Å². The second-order valence-corrected chi connectivity index (χ2v) is 8.14. The molecule has 1 heteroatoms. The molecule has 0 N–H and O–H groups in total. The summed E-state index contributed by atoms with van der Waals surface area (Å²) in [4.78, 5) is 2.49. The van der Waals surface area contributed by atoms with Crippen LogP contribution in [-0.4, -0.2) is 25.0 Å². The number of hydrogen-bond acceptors (Lipinski definition) is 1. The highest BCUT2D eigenvalue weighted by Gasteiger charge is 2.18. The number of likely N-dealkylation sites (tertiary alicyclic amines) is 1. The van der Waals surface area contributed by atoms with Crippen LogP contribution in [0.15, 0.2) is 24.3 Å². The van der Waals surface area contributed by atoms with Crippen molar-refractivity contribution < 1.29 is 0 Å². The summed E-state index contributed by atoms with van der Waals surface area (Å²) in [6, 6.07) is 0.